The van der Waals surface area contributed by atoms with Crippen molar-refractivity contribution in [2.24, 2.45) is 5.92 Å². The van der Waals surface area contributed by atoms with Crippen molar-refractivity contribution in [3.63, 3.8) is 0 Å². The molecule has 0 aromatic carbocycles. The van der Waals surface area contributed by atoms with E-state index in [0.717, 1.165) is 0 Å². The molecule has 0 aliphatic carbocycles. The van der Waals surface area contributed by atoms with E-state index in [9.17, 15) is 0 Å². The van der Waals surface area contributed by atoms with Crippen LogP contribution in [0.2, 0.25) is 0 Å². The van der Waals surface area contributed by atoms with Crippen LogP contribution in [0.5, 0.6) is 0 Å². The standard InChI is InChI=1S/C6H11N.W.Y/c1-5-3-6(2)7-4-5;;/h3-7H,1-2H3;;/q-2;;. The summed E-state index contributed by atoms with van der Waals surface area (Å²) in [6.07, 6.45) is 2.28. The molecular formula is C6H11NWY-2. The summed E-state index contributed by atoms with van der Waals surface area (Å²) in [5.74, 6) is 0.662. The van der Waals surface area contributed by atoms with Gasteiger partial charge in [0, 0.05) is 53.8 Å². The first-order valence-electron chi connectivity index (χ1n) is 2.73. The minimum Gasteiger partial charge on any atom is -0.495 e. The largest absolute Gasteiger partial charge is 0.495 e. The van der Waals surface area contributed by atoms with Crippen LogP contribution < -0.4 is 5.32 Å². The molecule has 1 nitrogen and oxygen atoms in total. The zero-order valence-electron chi connectivity index (χ0n) is 5.79. The first-order valence-corrected chi connectivity index (χ1v) is 2.73. The second kappa shape index (κ2) is 6.46. The molecule has 2 atom stereocenters. The fraction of sp³-hybridized carbons (Fsp3) is 0.667. The number of hydrogen-bond acceptors (Lipinski definition) is 1. The Bertz CT molecular complexity index is 62.1. The van der Waals surface area contributed by atoms with Crippen molar-refractivity contribution in [2.75, 3.05) is 0 Å². The van der Waals surface area contributed by atoms with Crippen molar-refractivity contribution in [2.45, 2.75) is 19.9 Å². The van der Waals surface area contributed by atoms with Gasteiger partial charge in [-0.1, -0.05) is 6.92 Å². The summed E-state index contributed by atoms with van der Waals surface area (Å²) in [6, 6.07) is 0.593. The molecule has 0 aromatic rings. The quantitative estimate of drug-likeness (QED) is 0.628. The van der Waals surface area contributed by atoms with Gasteiger partial charge in [0.15, 0.2) is 0 Å². The summed E-state index contributed by atoms with van der Waals surface area (Å²) >= 11 is 0. The first-order chi connectivity index (χ1) is 3.29. The number of rotatable bonds is 0. The molecule has 1 saturated heterocycles. The summed E-state index contributed by atoms with van der Waals surface area (Å²) < 4.78 is 0. The van der Waals surface area contributed by atoms with Crippen LogP contribution in [0.25, 0.3) is 0 Å². The van der Waals surface area contributed by atoms with E-state index in [1.807, 2.05) is 0 Å². The molecule has 1 N–H and O–H groups in total. The molecule has 0 spiro atoms. The van der Waals surface area contributed by atoms with Gasteiger partial charge in [0.1, 0.15) is 0 Å². The van der Waals surface area contributed by atoms with E-state index in [1.165, 1.54) is 0 Å². The molecule has 3 heteroatoms. The van der Waals surface area contributed by atoms with E-state index in [1.54, 1.807) is 0 Å². The third-order valence-electron chi connectivity index (χ3n) is 1.21. The van der Waals surface area contributed by atoms with Crippen molar-refractivity contribution in [1.29, 1.82) is 0 Å². The van der Waals surface area contributed by atoms with Crippen LogP contribution in [0.4, 0.5) is 0 Å². The number of hydrogen-bond donors (Lipinski definition) is 1. The molecule has 51 valence electrons. The van der Waals surface area contributed by atoms with Crippen LogP contribution in [0.3, 0.4) is 0 Å². The smallest absolute Gasteiger partial charge is 0 e. The van der Waals surface area contributed by atoms with Crippen molar-refractivity contribution in [3.05, 3.63) is 13.0 Å². The summed E-state index contributed by atoms with van der Waals surface area (Å²) in [5.41, 5.74) is 0. The van der Waals surface area contributed by atoms with Gasteiger partial charge in [-0.25, -0.2) is 0 Å². The van der Waals surface area contributed by atoms with Crippen molar-refractivity contribution < 1.29 is 53.8 Å². The zero-order valence-corrected chi connectivity index (χ0v) is 11.6. The maximum atomic E-state index is 3.19. The van der Waals surface area contributed by atoms with Gasteiger partial charge in [0.25, 0.3) is 0 Å². The first kappa shape index (κ1) is 13.3. The van der Waals surface area contributed by atoms with Crippen LogP contribution in [0.1, 0.15) is 13.8 Å². The molecule has 0 amide bonds. The predicted octanol–water partition coefficient (Wildman–Crippen LogP) is 0.975. The van der Waals surface area contributed by atoms with E-state index in [-0.39, 0.29) is 53.8 Å². The van der Waals surface area contributed by atoms with Crippen molar-refractivity contribution >= 4 is 0 Å². The normalized spacial score (nSPS) is 32.7. The summed E-state index contributed by atoms with van der Waals surface area (Å²) in [7, 11) is 0. The third kappa shape index (κ3) is 5.07. The van der Waals surface area contributed by atoms with Gasteiger partial charge in [-0.2, -0.15) is 6.04 Å². The summed E-state index contributed by atoms with van der Waals surface area (Å²) in [5, 5.41) is 3.19. The van der Waals surface area contributed by atoms with Crippen LogP contribution in [0, 0.1) is 18.9 Å². The minimum atomic E-state index is 0. The molecule has 1 aliphatic heterocycles. The number of nitrogens with one attached hydrogen (secondary N) is 1. The van der Waals surface area contributed by atoms with Gasteiger partial charge in [-0.05, 0) is 0 Å². The van der Waals surface area contributed by atoms with E-state index in [0.29, 0.717) is 12.0 Å². The molecule has 0 saturated carbocycles. The summed E-state index contributed by atoms with van der Waals surface area (Å²) in [4.78, 5) is 0. The maximum Gasteiger partial charge on any atom is 0 e. The molecule has 1 fully saturated rings. The molecule has 1 aliphatic rings. The van der Waals surface area contributed by atoms with Crippen molar-refractivity contribution in [1.82, 2.24) is 5.32 Å². The van der Waals surface area contributed by atoms with Gasteiger partial charge in [0.05, 0.1) is 0 Å². The Balaban J connectivity index is 0. The second-order valence-corrected chi connectivity index (χ2v) is 2.17. The summed E-state index contributed by atoms with van der Waals surface area (Å²) in [6.45, 7) is 6.45. The predicted molar refractivity (Wildman–Crippen MR) is 30.4 cm³/mol. The Hall–Kier alpha value is 1.75. The SMILES string of the molecule is CC1[CH-]NC(C)[CH-]1.[W].[Y]. The molecule has 0 aromatic heterocycles. The Kier molecular flexibility index (Phi) is 9.58. The zero-order chi connectivity index (χ0) is 5.28. The Morgan fingerprint density at radius 1 is 1.33 bits per heavy atom. The van der Waals surface area contributed by atoms with Crippen molar-refractivity contribution in [3.8, 4) is 0 Å². The van der Waals surface area contributed by atoms with Gasteiger partial charge in [0.2, 0.25) is 0 Å². The molecule has 0 bridgehead atoms. The van der Waals surface area contributed by atoms with Crippen LogP contribution in [-0.4, -0.2) is 6.04 Å². The average Bonchev–Trinajstić information content (AvgIpc) is 1.87. The molecular weight excluding hydrogens is 359 g/mol. The molecule has 1 rings (SSSR count). The van der Waals surface area contributed by atoms with E-state index in [4.69, 9.17) is 0 Å². The topological polar surface area (TPSA) is 12.0 Å². The van der Waals surface area contributed by atoms with Gasteiger partial charge in [-0.3, -0.25) is 12.5 Å². The van der Waals surface area contributed by atoms with E-state index >= 15 is 0 Å². The van der Waals surface area contributed by atoms with E-state index < -0.39 is 0 Å². The Morgan fingerprint density at radius 3 is 2.00 bits per heavy atom. The van der Waals surface area contributed by atoms with Crippen LogP contribution >= 0.6 is 0 Å². The van der Waals surface area contributed by atoms with Gasteiger partial charge in [-0.15, -0.1) is 6.92 Å². The Labute approximate surface area is 96.9 Å². The minimum absolute atomic E-state index is 0. The third-order valence-corrected chi connectivity index (χ3v) is 1.21. The Morgan fingerprint density at radius 2 is 1.89 bits per heavy atom. The monoisotopic (exact) mass is 370 g/mol. The molecule has 2 unspecified atom stereocenters. The second-order valence-electron chi connectivity index (χ2n) is 2.17. The molecule has 1 heterocycles. The van der Waals surface area contributed by atoms with Gasteiger partial charge < -0.3 is 11.7 Å². The van der Waals surface area contributed by atoms with Crippen LogP contribution in [0.15, 0.2) is 0 Å². The fourth-order valence-corrected chi connectivity index (χ4v) is 0.870. The molecule has 1 radical (unpaired) electrons. The van der Waals surface area contributed by atoms with Crippen LogP contribution in [-0.2, 0) is 53.8 Å². The fourth-order valence-electron chi connectivity index (χ4n) is 0.870. The average molecular weight is 370 g/mol. The van der Waals surface area contributed by atoms with E-state index in [2.05, 4.69) is 32.1 Å². The maximum absolute atomic E-state index is 3.19. The van der Waals surface area contributed by atoms with Gasteiger partial charge >= 0.3 is 0 Å². The molecule has 9 heavy (non-hydrogen) atoms.